The number of carbonyl (C=O) groups excluding carboxylic acids is 1. The first-order chi connectivity index (χ1) is 14.7. The fraction of sp³-hybridized carbons (Fsp3) is 0.417. The van der Waals surface area contributed by atoms with Gasteiger partial charge < -0.3 is 20.3 Å². The monoisotopic (exact) mass is 536 g/mol. The number of anilines is 1. The largest absolute Gasteiger partial charge is 0.377 e. The number of aliphatic imine (C=N–C) groups is 1. The van der Waals surface area contributed by atoms with E-state index in [2.05, 4.69) is 46.8 Å². The quantitative estimate of drug-likeness (QED) is 0.218. The van der Waals surface area contributed by atoms with E-state index in [4.69, 9.17) is 4.74 Å². The molecule has 0 aliphatic carbocycles. The van der Waals surface area contributed by atoms with Gasteiger partial charge in [-0.2, -0.15) is 0 Å². The molecule has 1 heterocycles. The van der Waals surface area contributed by atoms with Crippen LogP contribution in [0, 0.1) is 0 Å². The lowest BCUT2D eigenvalue weighted by atomic mass is 10.1. The Morgan fingerprint density at radius 3 is 2.42 bits per heavy atom. The summed E-state index contributed by atoms with van der Waals surface area (Å²) in [5.74, 6) is 0.962. The van der Waals surface area contributed by atoms with Crippen LogP contribution in [0.25, 0.3) is 0 Å². The van der Waals surface area contributed by atoms with Gasteiger partial charge >= 0.3 is 0 Å². The molecule has 0 saturated carbocycles. The lowest BCUT2D eigenvalue weighted by Gasteiger charge is -2.17. The van der Waals surface area contributed by atoms with E-state index < -0.39 is 0 Å². The van der Waals surface area contributed by atoms with Crippen LogP contribution in [-0.2, 0) is 29.2 Å². The first-order valence-corrected chi connectivity index (χ1v) is 10.7. The molecular formula is C24H33IN4O2. The number of benzene rings is 2. The van der Waals surface area contributed by atoms with E-state index >= 15 is 0 Å². The Morgan fingerprint density at radius 2 is 1.77 bits per heavy atom. The Bertz CT molecular complexity index is 855. The van der Waals surface area contributed by atoms with Crippen LogP contribution in [-0.4, -0.2) is 32.1 Å². The average molecular weight is 536 g/mol. The predicted molar refractivity (Wildman–Crippen MR) is 137 cm³/mol. The van der Waals surface area contributed by atoms with E-state index in [-0.39, 0.29) is 29.9 Å². The van der Waals surface area contributed by atoms with Crippen LogP contribution in [0.5, 0.6) is 0 Å². The summed E-state index contributed by atoms with van der Waals surface area (Å²) < 4.78 is 5.70. The van der Waals surface area contributed by atoms with Gasteiger partial charge in [-0.3, -0.25) is 9.79 Å². The maximum absolute atomic E-state index is 11.9. The number of nitrogens with zero attached hydrogens (tertiary/aromatic N) is 2. The zero-order chi connectivity index (χ0) is 21.2. The smallest absolute Gasteiger partial charge is 0.227 e. The van der Waals surface area contributed by atoms with E-state index in [1.54, 1.807) is 7.05 Å². The minimum absolute atomic E-state index is 0. The van der Waals surface area contributed by atoms with Crippen LogP contribution in [0.3, 0.4) is 0 Å². The van der Waals surface area contributed by atoms with Crippen LogP contribution in [0.15, 0.2) is 53.5 Å². The highest BCUT2D eigenvalue weighted by Crippen LogP contribution is 2.21. The third-order valence-electron chi connectivity index (χ3n) is 5.18. The van der Waals surface area contributed by atoms with E-state index in [0.717, 1.165) is 43.2 Å². The molecule has 0 bridgehead atoms. The van der Waals surface area contributed by atoms with Gasteiger partial charge in [0, 0.05) is 45.4 Å². The Hall–Kier alpha value is -2.13. The summed E-state index contributed by atoms with van der Waals surface area (Å²) in [5, 5.41) is 6.73. The molecule has 1 saturated heterocycles. The summed E-state index contributed by atoms with van der Waals surface area (Å²) in [6.45, 7) is 5.68. The summed E-state index contributed by atoms with van der Waals surface area (Å²) >= 11 is 0. The Morgan fingerprint density at radius 1 is 1.06 bits per heavy atom. The summed E-state index contributed by atoms with van der Waals surface area (Å²) in [6.07, 6.45) is 2.61. The molecule has 2 aromatic carbocycles. The second kappa shape index (κ2) is 13.3. The Kier molecular flexibility index (Phi) is 10.8. The molecule has 1 aliphatic heterocycles. The molecule has 1 fully saturated rings. The number of ether oxygens (including phenoxy) is 1. The van der Waals surface area contributed by atoms with Crippen molar-refractivity contribution in [3.63, 3.8) is 0 Å². The number of halogens is 1. The van der Waals surface area contributed by atoms with Gasteiger partial charge in [0.1, 0.15) is 0 Å². The van der Waals surface area contributed by atoms with Gasteiger partial charge in [0.05, 0.1) is 6.61 Å². The zero-order valence-corrected chi connectivity index (χ0v) is 20.7. The number of rotatable bonds is 9. The molecule has 1 amide bonds. The summed E-state index contributed by atoms with van der Waals surface area (Å²) in [6, 6.07) is 16.5. The van der Waals surface area contributed by atoms with Gasteiger partial charge in [0.25, 0.3) is 0 Å². The Balaban J connectivity index is 0.00000341. The highest BCUT2D eigenvalue weighted by atomic mass is 127. The number of hydrogen-bond donors (Lipinski definition) is 2. The van der Waals surface area contributed by atoms with Crippen LogP contribution >= 0.6 is 24.0 Å². The molecule has 6 nitrogen and oxygen atoms in total. The van der Waals surface area contributed by atoms with Gasteiger partial charge in [0.2, 0.25) is 5.91 Å². The van der Waals surface area contributed by atoms with Gasteiger partial charge in [-0.25, -0.2) is 0 Å². The normalized spacial score (nSPS) is 13.8. The van der Waals surface area contributed by atoms with Crippen molar-refractivity contribution >= 4 is 41.5 Å². The van der Waals surface area contributed by atoms with Crippen LogP contribution in [0.2, 0.25) is 0 Å². The molecule has 0 radical (unpaired) electrons. The molecule has 168 valence electrons. The van der Waals surface area contributed by atoms with Crippen LogP contribution < -0.4 is 15.5 Å². The highest BCUT2D eigenvalue weighted by molar-refractivity contribution is 14.0. The summed E-state index contributed by atoms with van der Waals surface area (Å²) in [5.41, 5.74) is 4.52. The van der Waals surface area contributed by atoms with E-state index in [1.807, 2.05) is 29.2 Å². The molecule has 0 aromatic heterocycles. The van der Waals surface area contributed by atoms with Crippen molar-refractivity contribution < 1.29 is 9.53 Å². The molecule has 2 aromatic rings. The number of nitrogens with one attached hydrogen (secondary N) is 2. The van der Waals surface area contributed by atoms with Gasteiger partial charge in [0.15, 0.2) is 5.96 Å². The molecule has 2 N–H and O–H groups in total. The van der Waals surface area contributed by atoms with Crippen molar-refractivity contribution in [1.29, 1.82) is 0 Å². The third kappa shape index (κ3) is 7.50. The van der Waals surface area contributed by atoms with Crippen LogP contribution in [0.4, 0.5) is 5.69 Å². The number of hydrogen-bond acceptors (Lipinski definition) is 3. The zero-order valence-electron chi connectivity index (χ0n) is 18.4. The van der Waals surface area contributed by atoms with Gasteiger partial charge in [-0.1, -0.05) is 43.3 Å². The van der Waals surface area contributed by atoms with E-state index in [9.17, 15) is 4.79 Å². The summed E-state index contributed by atoms with van der Waals surface area (Å²) in [4.78, 5) is 18.1. The maximum Gasteiger partial charge on any atom is 0.227 e. The van der Waals surface area contributed by atoms with Crippen molar-refractivity contribution in [2.45, 2.75) is 45.9 Å². The van der Waals surface area contributed by atoms with E-state index in [0.29, 0.717) is 26.1 Å². The Labute approximate surface area is 202 Å². The minimum Gasteiger partial charge on any atom is -0.377 e. The standard InChI is InChI=1S/C24H32N4O2.HI/c1-3-15-30-18-21-8-5-4-7-20(21)17-27-24(25-2)26-16-19-10-12-22(13-11-19)28-14-6-9-23(28)29;/h4-5,7-8,10-13H,3,6,9,14-18H2,1-2H3,(H2,25,26,27);1H. The molecular weight excluding hydrogens is 503 g/mol. The van der Waals surface area contributed by atoms with Crippen LogP contribution in [0.1, 0.15) is 42.9 Å². The van der Waals surface area contributed by atoms with Crippen molar-refractivity contribution in [2.24, 2.45) is 4.99 Å². The number of carbonyl (C=O) groups is 1. The lowest BCUT2D eigenvalue weighted by molar-refractivity contribution is -0.117. The molecule has 3 rings (SSSR count). The molecule has 1 aliphatic rings. The molecule has 0 atom stereocenters. The fourth-order valence-corrected chi connectivity index (χ4v) is 3.50. The molecule has 0 spiro atoms. The number of guanidine groups is 1. The van der Waals surface area contributed by atoms with E-state index in [1.165, 1.54) is 11.1 Å². The SMILES string of the molecule is CCCOCc1ccccc1CNC(=NC)NCc1ccc(N2CCCC2=O)cc1.I. The predicted octanol–water partition coefficient (Wildman–Crippen LogP) is 4.22. The topological polar surface area (TPSA) is 66.0 Å². The third-order valence-corrected chi connectivity index (χ3v) is 5.18. The van der Waals surface area contributed by atoms with Gasteiger partial charge in [-0.05, 0) is 41.7 Å². The van der Waals surface area contributed by atoms with Crippen molar-refractivity contribution in [3.8, 4) is 0 Å². The fourth-order valence-electron chi connectivity index (χ4n) is 3.50. The first-order valence-electron chi connectivity index (χ1n) is 10.7. The minimum atomic E-state index is 0. The molecule has 7 heteroatoms. The van der Waals surface area contributed by atoms with Gasteiger partial charge in [-0.15, -0.1) is 24.0 Å². The number of amides is 1. The van der Waals surface area contributed by atoms with Crippen molar-refractivity contribution in [1.82, 2.24) is 10.6 Å². The highest BCUT2D eigenvalue weighted by Gasteiger charge is 2.21. The van der Waals surface area contributed by atoms with Crippen molar-refractivity contribution in [3.05, 3.63) is 65.2 Å². The molecule has 31 heavy (non-hydrogen) atoms. The average Bonchev–Trinajstić information content (AvgIpc) is 3.21. The van der Waals surface area contributed by atoms with Crippen molar-refractivity contribution in [2.75, 3.05) is 25.1 Å². The first kappa shape index (κ1) is 25.1. The lowest BCUT2D eigenvalue weighted by Crippen LogP contribution is -2.36. The second-order valence-corrected chi connectivity index (χ2v) is 7.42. The summed E-state index contributed by atoms with van der Waals surface area (Å²) in [7, 11) is 1.77. The second-order valence-electron chi connectivity index (χ2n) is 7.42. The molecule has 0 unspecified atom stereocenters. The maximum atomic E-state index is 11.9.